The van der Waals surface area contributed by atoms with Crippen molar-refractivity contribution in [2.24, 2.45) is 11.7 Å². The third kappa shape index (κ3) is 4.20. The summed E-state index contributed by atoms with van der Waals surface area (Å²) in [4.78, 5) is 10.8. The van der Waals surface area contributed by atoms with Crippen molar-refractivity contribution in [2.75, 3.05) is 6.54 Å². The maximum atomic E-state index is 10.8. The summed E-state index contributed by atoms with van der Waals surface area (Å²) in [6.45, 7) is 0.163. The normalized spacial score (nSPS) is 11.6. The van der Waals surface area contributed by atoms with Crippen LogP contribution in [-0.2, 0) is 11.2 Å². The van der Waals surface area contributed by atoms with E-state index in [1.807, 2.05) is 24.3 Å². The Morgan fingerprint density at radius 1 is 1.47 bits per heavy atom. The molecule has 15 heavy (non-hydrogen) atoms. The van der Waals surface area contributed by atoms with E-state index in [9.17, 15) is 4.79 Å². The Hall–Kier alpha value is -0.580. The van der Waals surface area contributed by atoms with Gasteiger partial charge in [-0.2, -0.15) is 0 Å². The van der Waals surface area contributed by atoms with Crippen LogP contribution in [0.1, 0.15) is 5.56 Å². The van der Waals surface area contributed by atoms with Crippen molar-refractivity contribution in [1.82, 2.24) is 0 Å². The molecule has 3 nitrogen and oxygen atoms in total. The van der Waals surface area contributed by atoms with Crippen LogP contribution in [0.4, 0.5) is 0 Å². The Balaban J connectivity index is 0.00000196. The van der Waals surface area contributed by atoms with Gasteiger partial charge < -0.3 is 10.8 Å². The molecular formula is C10H13BrClNO2. The van der Waals surface area contributed by atoms with Gasteiger partial charge in [0.05, 0.1) is 5.92 Å². The topological polar surface area (TPSA) is 63.3 Å². The van der Waals surface area contributed by atoms with E-state index in [1.165, 1.54) is 0 Å². The fourth-order valence-corrected chi connectivity index (χ4v) is 1.65. The number of rotatable bonds is 4. The maximum absolute atomic E-state index is 10.8. The Morgan fingerprint density at radius 3 is 2.53 bits per heavy atom. The summed E-state index contributed by atoms with van der Waals surface area (Å²) in [6, 6.07) is 7.57. The lowest BCUT2D eigenvalue weighted by Gasteiger charge is -2.10. The van der Waals surface area contributed by atoms with Crippen LogP contribution < -0.4 is 5.73 Å². The van der Waals surface area contributed by atoms with Gasteiger partial charge >= 0.3 is 5.97 Å². The molecule has 0 unspecified atom stereocenters. The first-order valence-corrected chi connectivity index (χ1v) is 5.10. The van der Waals surface area contributed by atoms with Gasteiger partial charge in [-0.1, -0.05) is 34.1 Å². The number of carboxylic acids is 1. The molecule has 0 spiro atoms. The first-order valence-electron chi connectivity index (χ1n) is 4.31. The van der Waals surface area contributed by atoms with Crippen molar-refractivity contribution in [2.45, 2.75) is 6.42 Å². The van der Waals surface area contributed by atoms with Crippen molar-refractivity contribution in [3.05, 3.63) is 34.3 Å². The van der Waals surface area contributed by atoms with E-state index < -0.39 is 11.9 Å². The Morgan fingerprint density at radius 2 is 2.07 bits per heavy atom. The Kier molecular flexibility index (Phi) is 6.56. The first kappa shape index (κ1) is 14.4. The van der Waals surface area contributed by atoms with Crippen LogP contribution in [0.15, 0.2) is 28.7 Å². The summed E-state index contributed by atoms with van der Waals surface area (Å²) < 4.78 is 0.930. The van der Waals surface area contributed by atoms with Crippen molar-refractivity contribution in [1.29, 1.82) is 0 Å². The fraction of sp³-hybridized carbons (Fsp3) is 0.300. The minimum atomic E-state index is -0.844. The lowest BCUT2D eigenvalue weighted by Crippen LogP contribution is -2.25. The van der Waals surface area contributed by atoms with E-state index >= 15 is 0 Å². The predicted octanol–water partition coefficient (Wildman–Crippen LogP) is 2.07. The number of hydrogen-bond donors (Lipinski definition) is 2. The third-order valence-corrected chi connectivity index (χ3v) is 2.83. The van der Waals surface area contributed by atoms with Crippen molar-refractivity contribution >= 4 is 34.3 Å². The molecule has 0 aliphatic heterocycles. The summed E-state index contributed by atoms with van der Waals surface area (Å²) in [5, 5.41) is 8.83. The van der Waals surface area contributed by atoms with E-state index in [4.69, 9.17) is 10.8 Å². The highest BCUT2D eigenvalue weighted by Gasteiger charge is 2.16. The molecule has 0 amide bonds. The number of carbonyl (C=O) groups is 1. The minimum Gasteiger partial charge on any atom is -0.481 e. The molecule has 0 aromatic heterocycles. The smallest absolute Gasteiger partial charge is 0.308 e. The van der Waals surface area contributed by atoms with Gasteiger partial charge in [-0.3, -0.25) is 4.79 Å². The highest BCUT2D eigenvalue weighted by molar-refractivity contribution is 9.10. The lowest BCUT2D eigenvalue weighted by molar-refractivity contribution is -0.141. The van der Waals surface area contributed by atoms with Crippen molar-refractivity contribution in [3.8, 4) is 0 Å². The van der Waals surface area contributed by atoms with Crippen LogP contribution in [0.2, 0.25) is 0 Å². The number of nitrogens with two attached hydrogens (primary N) is 1. The Labute approximate surface area is 103 Å². The number of benzene rings is 1. The van der Waals surface area contributed by atoms with E-state index in [0.717, 1.165) is 10.0 Å². The molecule has 0 radical (unpaired) electrons. The molecule has 1 aromatic carbocycles. The van der Waals surface area contributed by atoms with Crippen LogP contribution in [-0.4, -0.2) is 17.6 Å². The molecule has 0 saturated carbocycles. The van der Waals surface area contributed by atoms with Gasteiger partial charge in [-0.05, 0) is 18.1 Å². The van der Waals surface area contributed by atoms with Gasteiger partial charge in [0.1, 0.15) is 0 Å². The summed E-state index contributed by atoms with van der Waals surface area (Å²) in [5.74, 6) is -1.35. The van der Waals surface area contributed by atoms with Crippen LogP contribution in [0.3, 0.4) is 0 Å². The third-order valence-electron chi connectivity index (χ3n) is 2.06. The molecule has 1 rings (SSSR count). The average molecular weight is 295 g/mol. The molecule has 0 aliphatic rings. The van der Waals surface area contributed by atoms with Gasteiger partial charge in [0.25, 0.3) is 0 Å². The zero-order valence-corrected chi connectivity index (χ0v) is 10.4. The standard InChI is InChI=1S/C10H12BrNO2.ClH/c11-9-4-2-1-3-7(9)5-8(6-12)10(13)14;/h1-4,8H,5-6,12H2,(H,13,14);1H/t8-;/m1./s1. The lowest BCUT2D eigenvalue weighted by atomic mass is 10.00. The summed E-state index contributed by atoms with van der Waals surface area (Å²) in [7, 11) is 0. The Bertz CT molecular complexity index is 333. The predicted molar refractivity (Wildman–Crippen MR) is 65.3 cm³/mol. The quantitative estimate of drug-likeness (QED) is 0.893. The minimum absolute atomic E-state index is 0. The largest absolute Gasteiger partial charge is 0.481 e. The van der Waals surface area contributed by atoms with Crippen LogP contribution >= 0.6 is 28.3 Å². The summed E-state index contributed by atoms with van der Waals surface area (Å²) >= 11 is 3.37. The summed E-state index contributed by atoms with van der Waals surface area (Å²) in [5.41, 5.74) is 6.35. The zero-order chi connectivity index (χ0) is 10.6. The maximum Gasteiger partial charge on any atom is 0.308 e. The van der Waals surface area contributed by atoms with Crippen LogP contribution in [0.25, 0.3) is 0 Å². The van der Waals surface area contributed by atoms with E-state index in [0.29, 0.717) is 6.42 Å². The van der Waals surface area contributed by atoms with Crippen LogP contribution in [0, 0.1) is 5.92 Å². The average Bonchev–Trinajstić information content (AvgIpc) is 2.16. The SMILES string of the molecule is Cl.NC[C@@H](Cc1ccccc1Br)C(=O)O. The molecule has 3 N–H and O–H groups in total. The molecule has 5 heteroatoms. The van der Waals surface area contributed by atoms with Gasteiger partial charge in [-0.25, -0.2) is 0 Å². The molecule has 1 aromatic rings. The summed E-state index contributed by atoms with van der Waals surface area (Å²) in [6.07, 6.45) is 0.466. The highest BCUT2D eigenvalue weighted by atomic mass is 79.9. The first-order chi connectivity index (χ1) is 6.65. The second-order valence-corrected chi connectivity index (χ2v) is 3.92. The number of aliphatic carboxylic acids is 1. The zero-order valence-electron chi connectivity index (χ0n) is 8.02. The number of carboxylic acid groups (broad SMARTS) is 1. The van der Waals surface area contributed by atoms with E-state index in [2.05, 4.69) is 15.9 Å². The van der Waals surface area contributed by atoms with Crippen LogP contribution in [0.5, 0.6) is 0 Å². The van der Waals surface area contributed by atoms with E-state index in [-0.39, 0.29) is 19.0 Å². The van der Waals surface area contributed by atoms with Crippen molar-refractivity contribution in [3.63, 3.8) is 0 Å². The van der Waals surface area contributed by atoms with Gasteiger partial charge in [-0.15, -0.1) is 12.4 Å². The molecule has 1 atom stereocenters. The fourth-order valence-electron chi connectivity index (χ4n) is 1.20. The van der Waals surface area contributed by atoms with Gasteiger partial charge in [0.15, 0.2) is 0 Å². The monoisotopic (exact) mass is 293 g/mol. The van der Waals surface area contributed by atoms with Gasteiger partial charge in [0.2, 0.25) is 0 Å². The molecule has 0 bridgehead atoms. The molecule has 0 saturated heterocycles. The molecule has 84 valence electrons. The highest BCUT2D eigenvalue weighted by Crippen LogP contribution is 2.19. The van der Waals surface area contributed by atoms with E-state index in [1.54, 1.807) is 0 Å². The number of hydrogen-bond acceptors (Lipinski definition) is 2. The molecule has 0 heterocycles. The molecular weight excluding hydrogens is 281 g/mol. The second kappa shape index (κ2) is 6.82. The van der Waals surface area contributed by atoms with Gasteiger partial charge in [0, 0.05) is 11.0 Å². The van der Waals surface area contributed by atoms with Crippen molar-refractivity contribution < 1.29 is 9.90 Å². The molecule has 0 aliphatic carbocycles. The molecule has 0 fully saturated rings. The number of halogens is 2. The second-order valence-electron chi connectivity index (χ2n) is 3.07.